The van der Waals surface area contributed by atoms with Gasteiger partial charge in [0.05, 0.1) is 11.5 Å². The van der Waals surface area contributed by atoms with E-state index in [-0.39, 0.29) is 5.54 Å². The van der Waals surface area contributed by atoms with Crippen LogP contribution in [0.2, 0.25) is 0 Å². The number of benzene rings is 3. The highest BCUT2D eigenvalue weighted by Crippen LogP contribution is 2.56. The van der Waals surface area contributed by atoms with Gasteiger partial charge in [-0.2, -0.15) is 4.57 Å². The Kier molecular flexibility index (Phi) is 2.92. The number of aryl methyl sites for hydroxylation is 1. The van der Waals surface area contributed by atoms with Crippen molar-refractivity contribution in [2.45, 2.75) is 38.6 Å². The smallest absolute Gasteiger partial charge is 0.192 e. The molecular weight excluding hydrogens is 362 g/mol. The SMILES string of the molecule is Cc1cccc2c1C(C)(C)[n+]1cccc3c1C2c1c-3ccc2c1-c1ccccc1C2. The predicted molar refractivity (Wildman–Crippen MR) is 121 cm³/mol. The maximum absolute atomic E-state index is 2.55. The van der Waals surface area contributed by atoms with Crippen LogP contribution >= 0.6 is 0 Å². The molecule has 144 valence electrons. The Labute approximate surface area is 177 Å². The molecular formula is C29H24N+. The van der Waals surface area contributed by atoms with Crippen LogP contribution in [0, 0.1) is 6.92 Å². The third-order valence-electron chi connectivity index (χ3n) is 7.72. The second-order valence-electron chi connectivity index (χ2n) is 9.60. The molecule has 0 fully saturated rings. The number of fused-ring (bicyclic) bond motifs is 9. The second-order valence-corrected chi connectivity index (χ2v) is 9.60. The van der Waals surface area contributed by atoms with Crippen molar-refractivity contribution in [2.24, 2.45) is 0 Å². The zero-order chi connectivity index (χ0) is 20.2. The van der Waals surface area contributed by atoms with E-state index in [4.69, 9.17) is 0 Å². The topological polar surface area (TPSA) is 3.88 Å². The maximum Gasteiger partial charge on any atom is 0.202 e. The van der Waals surface area contributed by atoms with Gasteiger partial charge in [-0.1, -0.05) is 54.6 Å². The molecule has 30 heavy (non-hydrogen) atoms. The van der Waals surface area contributed by atoms with Gasteiger partial charge in [0, 0.05) is 25.5 Å². The largest absolute Gasteiger partial charge is 0.202 e. The summed E-state index contributed by atoms with van der Waals surface area (Å²) in [4.78, 5) is 0. The molecule has 3 aromatic carbocycles. The van der Waals surface area contributed by atoms with Crippen molar-refractivity contribution in [3.05, 3.63) is 112 Å². The Morgan fingerprint density at radius 3 is 2.53 bits per heavy atom. The van der Waals surface area contributed by atoms with Gasteiger partial charge in [0.1, 0.15) is 0 Å². The minimum atomic E-state index is -0.0638. The zero-order valence-corrected chi connectivity index (χ0v) is 17.7. The van der Waals surface area contributed by atoms with E-state index in [1.807, 2.05) is 0 Å². The summed E-state index contributed by atoms with van der Waals surface area (Å²) in [6.45, 7) is 7.02. The number of hydrogen-bond donors (Lipinski definition) is 0. The van der Waals surface area contributed by atoms with E-state index >= 15 is 0 Å². The van der Waals surface area contributed by atoms with Crippen LogP contribution in [0.1, 0.15) is 58.8 Å². The standard InChI is InChI=1S/C29H24N/c1-17-8-6-11-23-26-25-21(14-13-19-16-18-9-4-5-10-20(18)24(19)25)22-12-7-15-30(28(22)26)29(2,3)27(17)23/h4-15,26H,16H2,1-3H3/q+1. The summed E-state index contributed by atoms with van der Waals surface area (Å²) in [5, 5.41) is 0. The van der Waals surface area contributed by atoms with E-state index in [0.29, 0.717) is 5.92 Å². The first-order valence-electron chi connectivity index (χ1n) is 11.0. The number of nitrogens with zero attached hydrogens (tertiary/aromatic N) is 1. The Balaban J connectivity index is 1.65. The van der Waals surface area contributed by atoms with Crippen LogP contribution in [0.3, 0.4) is 0 Å². The summed E-state index contributed by atoms with van der Waals surface area (Å²) in [6, 6.07) is 25.2. The van der Waals surface area contributed by atoms with Crippen molar-refractivity contribution >= 4 is 0 Å². The summed E-state index contributed by atoms with van der Waals surface area (Å²) in [6.07, 6.45) is 3.34. The lowest BCUT2D eigenvalue weighted by atomic mass is 9.74. The van der Waals surface area contributed by atoms with Crippen molar-refractivity contribution in [3.8, 4) is 22.3 Å². The minimum Gasteiger partial charge on any atom is -0.192 e. The fourth-order valence-electron chi connectivity index (χ4n) is 6.65. The van der Waals surface area contributed by atoms with Gasteiger partial charge in [-0.15, -0.1) is 0 Å². The lowest BCUT2D eigenvalue weighted by molar-refractivity contribution is -0.755. The van der Waals surface area contributed by atoms with Crippen LogP contribution in [0.15, 0.2) is 72.9 Å². The molecule has 0 spiro atoms. The van der Waals surface area contributed by atoms with Gasteiger partial charge in [0.15, 0.2) is 11.7 Å². The first kappa shape index (κ1) is 16.6. The molecule has 0 saturated heterocycles. The summed E-state index contributed by atoms with van der Waals surface area (Å²) in [5.74, 6) is 0.306. The molecule has 7 rings (SSSR count). The number of pyridine rings is 1. The highest BCUT2D eigenvalue weighted by molar-refractivity contribution is 5.91. The molecule has 0 radical (unpaired) electrons. The number of rotatable bonds is 0. The van der Waals surface area contributed by atoms with Gasteiger partial charge in [-0.25, -0.2) is 0 Å². The molecule has 0 saturated carbocycles. The van der Waals surface area contributed by atoms with Crippen molar-refractivity contribution in [3.63, 3.8) is 0 Å². The molecule has 1 aromatic heterocycles. The van der Waals surface area contributed by atoms with Crippen LogP contribution in [-0.4, -0.2) is 0 Å². The van der Waals surface area contributed by atoms with Crippen LogP contribution in [0.25, 0.3) is 22.3 Å². The van der Waals surface area contributed by atoms with Crippen LogP contribution in [0.5, 0.6) is 0 Å². The van der Waals surface area contributed by atoms with Gasteiger partial charge < -0.3 is 0 Å². The summed E-state index contributed by atoms with van der Waals surface area (Å²) in [5.41, 5.74) is 16.0. The number of hydrogen-bond acceptors (Lipinski definition) is 0. The molecule has 1 unspecified atom stereocenters. The summed E-state index contributed by atoms with van der Waals surface area (Å²) in [7, 11) is 0. The Hall–Kier alpha value is -3.19. The third-order valence-corrected chi connectivity index (χ3v) is 7.72. The van der Waals surface area contributed by atoms with Gasteiger partial charge in [-0.3, -0.25) is 0 Å². The van der Waals surface area contributed by atoms with Crippen LogP contribution in [0.4, 0.5) is 0 Å². The van der Waals surface area contributed by atoms with Crippen LogP contribution in [-0.2, 0) is 12.0 Å². The Morgan fingerprint density at radius 2 is 1.63 bits per heavy atom. The van der Waals surface area contributed by atoms with Crippen molar-refractivity contribution in [2.75, 3.05) is 0 Å². The fraction of sp³-hybridized carbons (Fsp3) is 0.207. The monoisotopic (exact) mass is 386 g/mol. The highest BCUT2D eigenvalue weighted by Gasteiger charge is 2.51. The number of aromatic nitrogens is 1. The summed E-state index contributed by atoms with van der Waals surface area (Å²) >= 11 is 0. The van der Waals surface area contributed by atoms with Gasteiger partial charge in [0.2, 0.25) is 5.69 Å². The molecule has 0 bridgehead atoms. The van der Waals surface area contributed by atoms with E-state index in [0.717, 1.165) is 6.42 Å². The van der Waals surface area contributed by atoms with Crippen molar-refractivity contribution in [1.29, 1.82) is 0 Å². The van der Waals surface area contributed by atoms with Crippen molar-refractivity contribution in [1.82, 2.24) is 0 Å². The fourth-order valence-corrected chi connectivity index (χ4v) is 6.65. The van der Waals surface area contributed by atoms with Crippen LogP contribution < -0.4 is 4.57 Å². The molecule has 1 atom stereocenters. The van der Waals surface area contributed by atoms with Crippen molar-refractivity contribution < 1.29 is 4.57 Å². The molecule has 1 heteroatoms. The molecule has 4 aromatic rings. The van der Waals surface area contributed by atoms with E-state index in [9.17, 15) is 0 Å². The predicted octanol–water partition coefficient (Wildman–Crippen LogP) is 6.11. The van der Waals surface area contributed by atoms with E-state index < -0.39 is 0 Å². The molecule has 2 aliphatic carbocycles. The maximum atomic E-state index is 2.55. The quantitative estimate of drug-likeness (QED) is 0.277. The van der Waals surface area contributed by atoms with Gasteiger partial charge in [-0.05, 0) is 63.9 Å². The molecule has 0 N–H and O–H groups in total. The average Bonchev–Trinajstić information content (AvgIpc) is 3.28. The molecule has 0 amide bonds. The summed E-state index contributed by atoms with van der Waals surface area (Å²) < 4.78 is 2.55. The second kappa shape index (κ2) is 5.29. The molecule has 3 aliphatic rings. The first-order chi connectivity index (χ1) is 14.6. The minimum absolute atomic E-state index is 0.0638. The van der Waals surface area contributed by atoms with Gasteiger partial charge in [0.25, 0.3) is 0 Å². The van der Waals surface area contributed by atoms with Gasteiger partial charge >= 0.3 is 0 Å². The average molecular weight is 387 g/mol. The zero-order valence-electron chi connectivity index (χ0n) is 17.7. The molecule has 2 heterocycles. The normalized spacial score (nSPS) is 18.3. The molecule has 1 aliphatic heterocycles. The Bertz CT molecular complexity index is 1410. The highest BCUT2D eigenvalue weighted by atomic mass is 15.1. The third kappa shape index (κ3) is 1.78. The lowest BCUT2D eigenvalue weighted by Crippen LogP contribution is -2.59. The van der Waals surface area contributed by atoms with E-state index in [2.05, 4.69) is 98.3 Å². The first-order valence-corrected chi connectivity index (χ1v) is 11.0. The molecule has 1 nitrogen and oxygen atoms in total. The Morgan fingerprint density at radius 1 is 0.800 bits per heavy atom. The van der Waals surface area contributed by atoms with E-state index in [1.54, 1.807) is 0 Å². The van der Waals surface area contributed by atoms with E-state index in [1.165, 1.54) is 61.3 Å². The lowest BCUT2D eigenvalue weighted by Gasteiger charge is -2.34.